The van der Waals surface area contributed by atoms with Gasteiger partial charge in [0, 0.05) is 36.8 Å². The van der Waals surface area contributed by atoms with Crippen LogP contribution < -0.4 is 10.6 Å². The lowest BCUT2D eigenvalue weighted by Gasteiger charge is -2.21. The first kappa shape index (κ1) is 17.0. The van der Waals surface area contributed by atoms with Crippen molar-refractivity contribution in [1.82, 2.24) is 19.7 Å². The van der Waals surface area contributed by atoms with Crippen molar-refractivity contribution >= 4 is 17.5 Å². The van der Waals surface area contributed by atoms with Gasteiger partial charge in [-0.3, -0.25) is 4.68 Å². The van der Waals surface area contributed by atoms with Crippen LogP contribution in [0.3, 0.4) is 0 Å². The molecule has 1 aliphatic rings. The Hall–Kier alpha value is -3.44. The van der Waals surface area contributed by atoms with Crippen LogP contribution in [0.1, 0.15) is 18.1 Å². The van der Waals surface area contributed by atoms with Gasteiger partial charge in [0.25, 0.3) is 0 Å². The summed E-state index contributed by atoms with van der Waals surface area (Å²) >= 11 is 0. The Morgan fingerprint density at radius 2 is 2.22 bits per heavy atom. The molecule has 0 fully saturated rings. The number of rotatable bonds is 4. The zero-order valence-electron chi connectivity index (χ0n) is 15.1. The Bertz CT molecular complexity index is 1050. The molecule has 27 heavy (non-hydrogen) atoms. The Morgan fingerprint density at radius 3 is 2.93 bits per heavy atom. The number of fused-ring (bicyclic) bond motifs is 1. The van der Waals surface area contributed by atoms with Crippen LogP contribution in [-0.2, 0) is 12.5 Å². The number of benzene rings is 1. The molecular weight excluding hydrogens is 342 g/mol. The third kappa shape index (κ3) is 2.88. The van der Waals surface area contributed by atoms with Crippen molar-refractivity contribution < 1.29 is 5.11 Å². The number of hydrogen-bond acceptors (Lipinski definition) is 7. The van der Waals surface area contributed by atoms with Crippen LogP contribution in [0.25, 0.3) is 11.3 Å². The summed E-state index contributed by atoms with van der Waals surface area (Å²) in [6, 6.07) is 9.67. The maximum atomic E-state index is 9.84. The van der Waals surface area contributed by atoms with E-state index in [4.69, 9.17) is 0 Å². The molecular formula is C19H19N7O. The summed E-state index contributed by atoms with van der Waals surface area (Å²) in [7, 11) is 1.83. The lowest BCUT2D eigenvalue weighted by atomic mass is 9.83. The van der Waals surface area contributed by atoms with Gasteiger partial charge >= 0.3 is 0 Å². The summed E-state index contributed by atoms with van der Waals surface area (Å²) in [4.78, 5) is 8.84. The van der Waals surface area contributed by atoms with Crippen molar-refractivity contribution in [2.45, 2.75) is 12.3 Å². The molecule has 136 valence electrons. The zero-order valence-corrected chi connectivity index (χ0v) is 15.1. The number of aliphatic hydroxyl groups excluding tert-OH is 1. The number of anilines is 3. The summed E-state index contributed by atoms with van der Waals surface area (Å²) < 4.78 is 1.69. The van der Waals surface area contributed by atoms with E-state index in [0.717, 1.165) is 22.6 Å². The number of nitrogens with zero attached hydrogens (tertiary/aromatic N) is 5. The van der Waals surface area contributed by atoms with Crippen LogP contribution in [0.5, 0.6) is 0 Å². The fourth-order valence-corrected chi connectivity index (χ4v) is 3.26. The minimum Gasteiger partial charge on any atom is -0.395 e. The first-order valence-electron chi connectivity index (χ1n) is 8.56. The molecule has 0 bridgehead atoms. The standard InChI is InChI=1S/C19H19N7O/c1-19(11-27)10-22-17-13(9-20)7-12(8-14(17)19)15-3-5-21-18(24-15)25-16-4-6-23-26(16)2/h3-8,22,27H,10-11H2,1-2H3,(H,21,24,25). The van der Waals surface area contributed by atoms with Gasteiger partial charge in [-0.25, -0.2) is 9.97 Å². The summed E-state index contributed by atoms with van der Waals surface area (Å²) in [5.41, 5.74) is 3.34. The third-order valence-corrected chi connectivity index (χ3v) is 4.93. The molecule has 8 nitrogen and oxygen atoms in total. The van der Waals surface area contributed by atoms with E-state index in [1.165, 1.54) is 0 Å². The summed E-state index contributed by atoms with van der Waals surface area (Å²) in [6.45, 7) is 2.57. The second kappa shape index (κ2) is 6.37. The van der Waals surface area contributed by atoms with E-state index in [1.54, 1.807) is 23.1 Å². The molecule has 2 aromatic heterocycles. The van der Waals surface area contributed by atoms with E-state index in [1.807, 2.05) is 32.2 Å². The first-order chi connectivity index (χ1) is 13.0. The van der Waals surface area contributed by atoms with Gasteiger partial charge in [-0.05, 0) is 23.8 Å². The highest BCUT2D eigenvalue weighted by atomic mass is 16.3. The van der Waals surface area contributed by atoms with Gasteiger partial charge in [0.15, 0.2) is 0 Å². The van der Waals surface area contributed by atoms with E-state index < -0.39 is 5.41 Å². The topological polar surface area (TPSA) is 112 Å². The third-order valence-electron chi connectivity index (χ3n) is 4.93. The molecule has 0 radical (unpaired) electrons. The quantitative estimate of drug-likeness (QED) is 0.653. The van der Waals surface area contributed by atoms with Crippen LogP contribution >= 0.6 is 0 Å². The van der Waals surface area contributed by atoms with Crippen LogP contribution in [0.2, 0.25) is 0 Å². The minimum atomic E-state index is -0.431. The molecule has 3 N–H and O–H groups in total. The molecule has 0 spiro atoms. The van der Waals surface area contributed by atoms with Gasteiger partial charge in [0.1, 0.15) is 11.9 Å². The average molecular weight is 361 g/mol. The van der Waals surface area contributed by atoms with Crippen LogP contribution in [0.4, 0.5) is 17.5 Å². The fraction of sp³-hybridized carbons (Fsp3) is 0.263. The Morgan fingerprint density at radius 1 is 1.37 bits per heavy atom. The molecule has 1 unspecified atom stereocenters. The normalized spacial score (nSPS) is 17.9. The van der Waals surface area contributed by atoms with Crippen molar-refractivity contribution in [3.05, 3.63) is 47.8 Å². The molecule has 3 aromatic rings. The molecule has 1 aromatic carbocycles. The number of hydrogen-bond donors (Lipinski definition) is 3. The van der Waals surface area contributed by atoms with Crippen molar-refractivity contribution in [3.63, 3.8) is 0 Å². The van der Waals surface area contributed by atoms with Gasteiger partial charge in [-0.1, -0.05) is 6.92 Å². The number of aliphatic hydroxyl groups is 1. The molecule has 0 saturated carbocycles. The van der Waals surface area contributed by atoms with E-state index in [-0.39, 0.29) is 6.61 Å². The molecule has 0 amide bonds. The second-order valence-electron chi connectivity index (χ2n) is 6.86. The molecule has 1 aliphatic heterocycles. The highest BCUT2D eigenvalue weighted by Crippen LogP contribution is 2.41. The number of nitrogens with one attached hydrogen (secondary N) is 2. The van der Waals surface area contributed by atoms with Crippen LogP contribution in [-0.4, -0.2) is 38.0 Å². The number of aryl methyl sites for hydroxylation is 1. The van der Waals surface area contributed by atoms with E-state index >= 15 is 0 Å². The van der Waals surface area contributed by atoms with Crippen LogP contribution in [0, 0.1) is 11.3 Å². The average Bonchev–Trinajstić information content (AvgIpc) is 3.25. The SMILES string of the molecule is Cn1nccc1Nc1nccc(-c2cc(C#N)c3c(c2)C(C)(CO)CN3)n1. The van der Waals surface area contributed by atoms with Gasteiger partial charge in [0.05, 0.1) is 29.7 Å². The van der Waals surface area contributed by atoms with Crippen LogP contribution in [0.15, 0.2) is 36.7 Å². The van der Waals surface area contributed by atoms with Crippen molar-refractivity contribution in [2.75, 3.05) is 23.8 Å². The lowest BCUT2D eigenvalue weighted by Crippen LogP contribution is -2.28. The first-order valence-corrected chi connectivity index (χ1v) is 8.56. The van der Waals surface area contributed by atoms with Gasteiger partial charge in [-0.15, -0.1) is 0 Å². The second-order valence-corrected chi connectivity index (χ2v) is 6.86. The van der Waals surface area contributed by atoms with E-state index in [0.29, 0.717) is 23.8 Å². The van der Waals surface area contributed by atoms with Crippen molar-refractivity contribution in [1.29, 1.82) is 5.26 Å². The van der Waals surface area contributed by atoms with Crippen molar-refractivity contribution in [3.8, 4) is 17.3 Å². The summed E-state index contributed by atoms with van der Waals surface area (Å²) in [5, 5.41) is 29.9. The summed E-state index contributed by atoms with van der Waals surface area (Å²) in [6.07, 6.45) is 3.36. The number of nitriles is 1. The van der Waals surface area contributed by atoms with Gasteiger partial charge in [0.2, 0.25) is 5.95 Å². The highest BCUT2D eigenvalue weighted by Gasteiger charge is 2.35. The predicted octanol–water partition coefficient (Wildman–Crippen LogP) is 2.17. The van der Waals surface area contributed by atoms with E-state index in [2.05, 4.69) is 31.8 Å². The molecule has 0 aliphatic carbocycles. The van der Waals surface area contributed by atoms with E-state index in [9.17, 15) is 10.4 Å². The van der Waals surface area contributed by atoms with Gasteiger partial charge in [-0.2, -0.15) is 10.4 Å². The highest BCUT2D eigenvalue weighted by molar-refractivity contribution is 5.76. The predicted molar refractivity (Wildman–Crippen MR) is 102 cm³/mol. The Balaban J connectivity index is 1.76. The lowest BCUT2D eigenvalue weighted by molar-refractivity contribution is 0.219. The largest absolute Gasteiger partial charge is 0.395 e. The van der Waals surface area contributed by atoms with Crippen molar-refractivity contribution in [2.24, 2.45) is 7.05 Å². The monoisotopic (exact) mass is 361 g/mol. The molecule has 3 heterocycles. The maximum Gasteiger partial charge on any atom is 0.228 e. The Kier molecular flexibility index (Phi) is 4.01. The Labute approximate surface area is 156 Å². The molecule has 8 heteroatoms. The minimum absolute atomic E-state index is 0.00160. The fourth-order valence-electron chi connectivity index (χ4n) is 3.26. The number of aromatic nitrogens is 4. The van der Waals surface area contributed by atoms with Gasteiger partial charge < -0.3 is 15.7 Å². The zero-order chi connectivity index (χ0) is 19.0. The maximum absolute atomic E-state index is 9.84. The molecule has 4 rings (SSSR count). The molecule has 1 atom stereocenters. The summed E-state index contributed by atoms with van der Waals surface area (Å²) in [5.74, 6) is 1.22. The molecule has 0 saturated heterocycles. The smallest absolute Gasteiger partial charge is 0.228 e.